The highest BCUT2D eigenvalue weighted by Gasteiger charge is 2.20. The molecule has 28 heavy (non-hydrogen) atoms. The summed E-state index contributed by atoms with van der Waals surface area (Å²) in [5, 5.41) is 2.72. The van der Waals surface area contributed by atoms with Crippen LogP contribution in [0.5, 0.6) is 17.2 Å². The zero-order chi connectivity index (χ0) is 20.7. The van der Waals surface area contributed by atoms with Gasteiger partial charge in [0.05, 0.1) is 46.3 Å². The number of amides is 1. The molecule has 0 spiro atoms. The number of rotatable bonds is 8. The lowest BCUT2D eigenvalue weighted by molar-refractivity contribution is 0.0601. The third-order valence-corrected chi connectivity index (χ3v) is 4.02. The van der Waals surface area contributed by atoms with Gasteiger partial charge in [0.15, 0.2) is 11.5 Å². The summed E-state index contributed by atoms with van der Waals surface area (Å²) in [6.07, 6.45) is 0. The third-order valence-electron chi connectivity index (χ3n) is 4.02. The first-order chi connectivity index (χ1) is 13.5. The van der Waals surface area contributed by atoms with Gasteiger partial charge in [0.25, 0.3) is 5.91 Å². The molecule has 1 N–H and O–H groups in total. The second-order valence-corrected chi connectivity index (χ2v) is 5.66. The predicted octanol–water partition coefficient (Wildman–Crippen LogP) is 2.90. The standard InChI is InChI=1S/C20H23NO7/c1-24-11-13-8-12(6-7-16(13)25-2)19(22)21-15-10-18(27-4)17(26-3)9-14(15)20(23)28-5/h6-10H,11H2,1-5H3,(H,21,22). The Bertz CT molecular complexity index is 864. The Balaban J connectivity index is 2.42. The molecular formula is C20H23NO7. The fourth-order valence-corrected chi connectivity index (χ4v) is 2.64. The van der Waals surface area contributed by atoms with Crippen LogP contribution in [0.15, 0.2) is 30.3 Å². The fourth-order valence-electron chi connectivity index (χ4n) is 2.64. The molecule has 0 saturated carbocycles. The maximum Gasteiger partial charge on any atom is 0.340 e. The van der Waals surface area contributed by atoms with Crippen molar-refractivity contribution in [1.82, 2.24) is 0 Å². The van der Waals surface area contributed by atoms with Crippen LogP contribution in [-0.4, -0.2) is 47.4 Å². The summed E-state index contributed by atoms with van der Waals surface area (Å²) in [5.74, 6) is 0.274. The first-order valence-electron chi connectivity index (χ1n) is 8.30. The van der Waals surface area contributed by atoms with Crippen LogP contribution in [-0.2, 0) is 16.1 Å². The fraction of sp³-hybridized carbons (Fsp3) is 0.300. The monoisotopic (exact) mass is 389 g/mol. The number of carbonyl (C=O) groups is 2. The van der Waals surface area contributed by atoms with Crippen molar-refractivity contribution in [3.8, 4) is 17.2 Å². The molecule has 150 valence electrons. The minimum absolute atomic E-state index is 0.138. The van der Waals surface area contributed by atoms with Crippen LogP contribution in [0.1, 0.15) is 26.3 Å². The van der Waals surface area contributed by atoms with E-state index in [-0.39, 0.29) is 17.9 Å². The van der Waals surface area contributed by atoms with E-state index in [1.807, 2.05) is 0 Å². The molecule has 0 saturated heterocycles. The Hall–Kier alpha value is -3.26. The minimum atomic E-state index is -0.619. The van der Waals surface area contributed by atoms with E-state index < -0.39 is 11.9 Å². The van der Waals surface area contributed by atoms with Gasteiger partial charge in [-0.25, -0.2) is 4.79 Å². The number of hydrogen-bond acceptors (Lipinski definition) is 7. The molecule has 2 aromatic carbocycles. The second-order valence-electron chi connectivity index (χ2n) is 5.66. The van der Waals surface area contributed by atoms with Crippen molar-refractivity contribution in [2.24, 2.45) is 0 Å². The van der Waals surface area contributed by atoms with E-state index in [2.05, 4.69) is 5.32 Å². The van der Waals surface area contributed by atoms with Crippen LogP contribution >= 0.6 is 0 Å². The first-order valence-corrected chi connectivity index (χ1v) is 8.30. The summed E-state index contributed by atoms with van der Waals surface area (Å²) in [6.45, 7) is 0.286. The van der Waals surface area contributed by atoms with Crippen LogP contribution in [0, 0.1) is 0 Å². The Kier molecular flexibility index (Phi) is 7.22. The third kappa shape index (κ3) is 4.52. The maximum absolute atomic E-state index is 12.8. The molecule has 0 aliphatic heterocycles. The molecule has 0 aliphatic carbocycles. The SMILES string of the molecule is COCc1cc(C(=O)Nc2cc(OC)c(OC)cc2C(=O)OC)ccc1OC. The number of hydrogen-bond donors (Lipinski definition) is 1. The number of benzene rings is 2. The van der Waals surface area contributed by atoms with E-state index >= 15 is 0 Å². The molecule has 0 heterocycles. The number of ether oxygens (including phenoxy) is 5. The highest BCUT2D eigenvalue weighted by Crippen LogP contribution is 2.34. The zero-order valence-electron chi connectivity index (χ0n) is 16.5. The van der Waals surface area contributed by atoms with E-state index in [1.165, 1.54) is 33.5 Å². The summed E-state index contributed by atoms with van der Waals surface area (Å²) in [7, 11) is 7.26. The molecule has 0 radical (unpaired) electrons. The van der Waals surface area contributed by atoms with Gasteiger partial charge in [-0.2, -0.15) is 0 Å². The van der Waals surface area contributed by atoms with Crippen molar-refractivity contribution in [1.29, 1.82) is 0 Å². The molecule has 8 heteroatoms. The molecule has 0 aromatic heterocycles. The van der Waals surface area contributed by atoms with Crippen molar-refractivity contribution in [2.75, 3.05) is 40.9 Å². The smallest absolute Gasteiger partial charge is 0.340 e. The average Bonchev–Trinajstić information content (AvgIpc) is 2.72. The van der Waals surface area contributed by atoms with Crippen LogP contribution in [0.4, 0.5) is 5.69 Å². The molecule has 2 aromatic rings. The highest BCUT2D eigenvalue weighted by molar-refractivity contribution is 6.08. The normalized spacial score (nSPS) is 10.2. The van der Waals surface area contributed by atoms with Gasteiger partial charge in [0.2, 0.25) is 0 Å². The lowest BCUT2D eigenvalue weighted by Crippen LogP contribution is -2.16. The van der Waals surface area contributed by atoms with Gasteiger partial charge in [0, 0.05) is 30.4 Å². The second kappa shape index (κ2) is 9.61. The molecule has 0 atom stereocenters. The molecule has 1 amide bonds. The van der Waals surface area contributed by atoms with Crippen molar-refractivity contribution < 1.29 is 33.3 Å². The Morgan fingerprint density at radius 3 is 2.07 bits per heavy atom. The lowest BCUT2D eigenvalue weighted by atomic mass is 10.1. The van der Waals surface area contributed by atoms with Gasteiger partial charge in [-0.3, -0.25) is 4.79 Å². The van der Waals surface area contributed by atoms with Crippen LogP contribution < -0.4 is 19.5 Å². The molecule has 0 fully saturated rings. The number of carbonyl (C=O) groups excluding carboxylic acids is 2. The van der Waals surface area contributed by atoms with Crippen LogP contribution in [0.2, 0.25) is 0 Å². The largest absolute Gasteiger partial charge is 0.496 e. The predicted molar refractivity (Wildman–Crippen MR) is 103 cm³/mol. The average molecular weight is 389 g/mol. The molecule has 2 rings (SSSR count). The zero-order valence-corrected chi connectivity index (χ0v) is 16.5. The number of methoxy groups -OCH3 is 5. The lowest BCUT2D eigenvalue weighted by Gasteiger charge is -2.15. The van der Waals surface area contributed by atoms with Gasteiger partial charge in [-0.05, 0) is 18.2 Å². The molecule has 0 unspecified atom stereocenters. The van der Waals surface area contributed by atoms with E-state index in [0.717, 1.165) is 5.56 Å². The number of esters is 1. The first kappa shape index (κ1) is 21.0. The van der Waals surface area contributed by atoms with Crippen LogP contribution in [0.25, 0.3) is 0 Å². The van der Waals surface area contributed by atoms with Gasteiger partial charge in [0.1, 0.15) is 5.75 Å². The van der Waals surface area contributed by atoms with Crippen molar-refractivity contribution >= 4 is 17.6 Å². The minimum Gasteiger partial charge on any atom is -0.496 e. The molecule has 8 nitrogen and oxygen atoms in total. The Morgan fingerprint density at radius 2 is 1.50 bits per heavy atom. The van der Waals surface area contributed by atoms with Gasteiger partial charge < -0.3 is 29.0 Å². The Labute approximate surface area is 163 Å². The van der Waals surface area contributed by atoms with E-state index in [4.69, 9.17) is 23.7 Å². The van der Waals surface area contributed by atoms with Gasteiger partial charge in [-0.1, -0.05) is 0 Å². The van der Waals surface area contributed by atoms with E-state index in [1.54, 1.807) is 32.4 Å². The number of nitrogens with one attached hydrogen (secondary N) is 1. The van der Waals surface area contributed by atoms with E-state index in [9.17, 15) is 9.59 Å². The maximum atomic E-state index is 12.8. The molecule has 0 aliphatic rings. The van der Waals surface area contributed by atoms with Crippen LogP contribution in [0.3, 0.4) is 0 Å². The Morgan fingerprint density at radius 1 is 0.857 bits per heavy atom. The summed E-state index contributed by atoms with van der Waals surface area (Å²) < 4.78 is 25.7. The van der Waals surface area contributed by atoms with Gasteiger partial charge >= 0.3 is 5.97 Å². The number of anilines is 1. The van der Waals surface area contributed by atoms with E-state index in [0.29, 0.717) is 22.8 Å². The molecule has 0 bridgehead atoms. The quantitative estimate of drug-likeness (QED) is 0.694. The summed E-state index contributed by atoms with van der Waals surface area (Å²) in [5.41, 5.74) is 1.47. The van der Waals surface area contributed by atoms with Crippen molar-refractivity contribution in [2.45, 2.75) is 6.61 Å². The summed E-state index contributed by atoms with van der Waals surface area (Å²) in [4.78, 5) is 24.9. The van der Waals surface area contributed by atoms with Gasteiger partial charge in [-0.15, -0.1) is 0 Å². The highest BCUT2D eigenvalue weighted by atomic mass is 16.5. The molecular weight excluding hydrogens is 366 g/mol. The topological polar surface area (TPSA) is 92.3 Å². The van der Waals surface area contributed by atoms with Crippen molar-refractivity contribution in [3.05, 3.63) is 47.0 Å². The summed E-state index contributed by atoms with van der Waals surface area (Å²) >= 11 is 0. The van der Waals surface area contributed by atoms with Crippen molar-refractivity contribution in [3.63, 3.8) is 0 Å². The summed E-state index contributed by atoms with van der Waals surface area (Å²) in [6, 6.07) is 7.91.